The summed E-state index contributed by atoms with van der Waals surface area (Å²) < 4.78 is 0. The Morgan fingerprint density at radius 2 is 1.64 bits per heavy atom. The highest BCUT2D eigenvalue weighted by atomic mass is 16.2. The zero-order valence-corrected chi connectivity index (χ0v) is 19.7. The minimum Gasteiger partial charge on any atom is -0.354 e. The maximum atomic E-state index is 13.8. The molecule has 5 aromatic rings. The maximum absolute atomic E-state index is 13.8. The molecule has 6 nitrogen and oxygen atoms in total. The van der Waals surface area contributed by atoms with Crippen LogP contribution in [0.3, 0.4) is 0 Å². The Bertz CT molecular complexity index is 1580. The molecule has 36 heavy (non-hydrogen) atoms. The quantitative estimate of drug-likeness (QED) is 0.339. The molecule has 2 N–H and O–H groups in total. The molecular formula is C30H24N4O2. The van der Waals surface area contributed by atoms with Crippen LogP contribution in [0.1, 0.15) is 34.5 Å². The Hall–Kier alpha value is -4.71. The summed E-state index contributed by atoms with van der Waals surface area (Å²) in [5, 5.41) is 3.88. The summed E-state index contributed by atoms with van der Waals surface area (Å²) in [5.74, 6) is -0.00310. The zero-order valence-electron chi connectivity index (χ0n) is 19.7. The normalized spacial score (nSPS) is 15.6. The van der Waals surface area contributed by atoms with Gasteiger partial charge in [0, 0.05) is 28.2 Å². The first-order chi connectivity index (χ1) is 17.6. The summed E-state index contributed by atoms with van der Waals surface area (Å²) in [6, 6.07) is 30.0. The van der Waals surface area contributed by atoms with Gasteiger partial charge >= 0.3 is 0 Å². The first kappa shape index (κ1) is 21.8. The number of hydrogen-bond acceptors (Lipinski definition) is 3. The molecule has 0 aliphatic carbocycles. The van der Waals surface area contributed by atoms with Gasteiger partial charge in [0.15, 0.2) is 0 Å². The Kier molecular flexibility index (Phi) is 5.34. The van der Waals surface area contributed by atoms with Gasteiger partial charge in [-0.25, -0.2) is 4.98 Å². The number of carbonyl (C=O) groups excluding carboxylic acids is 2. The van der Waals surface area contributed by atoms with Crippen LogP contribution in [0.4, 0.5) is 5.82 Å². The van der Waals surface area contributed by atoms with Crippen molar-refractivity contribution in [2.24, 2.45) is 0 Å². The lowest BCUT2D eigenvalue weighted by atomic mass is 9.92. The lowest BCUT2D eigenvalue weighted by Gasteiger charge is -2.31. The molecule has 6 rings (SSSR count). The van der Waals surface area contributed by atoms with Crippen LogP contribution in [0, 0.1) is 0 Å². The average molecular weight is 473 g/mol. The highest BCUT2D eigenvalue weighted by Gasteiger charge is 2.44. The number of carbonyl (C=O) groups is 2. The van der Waals surface area contributed by atoms with E-state index >= 15 is 0 Å². The standard InChI is InChI=1S/C30H24N4O2/c1-19(29(35)33-25-17-9-10-18-31-25)34-28(21-13-5-6-14-22(21)30(34)36)26-23-15-7-8-16-24(23)32-27(26)20-11-3-2-4-12-20/h2-19,28,32H,1H3,(H,31,33,35). The maximum Gasteiger partial charge on any atom is 0.255 e. The van der Waals surface area contributed by atoms with Gasteiger partial charge in [0.2, 0.25) is 5.91 Å². The molecule has 3 heterocycles. The fraction of sp³-hybridized carbons (Fsp3) is 0.100. The highest BCUT2D eigenvalue weighted by Crippen LogP contribution is 2.46. The van der Waals surface area contributed by atoms with Gasteiger partial charge in [-0.1, -0.05) is 72.8 Å². The molecular weight excluding hydrogens is 448 g/mol. The van der Waals surface area contributed by atoms with Crippen LogP contribution in [-0.4, -0.2) is 32.7 Å². The third-order valence-electron chi connectivity index (χ3n) is 6.79. The number of para-hydroxylation sites is 1. The van der Waals surface area contributed by atoms with E-state index in [2.05, 4.69) is 33.5 Å². The predicted molar refractivity (Wildman–Crippen MR) is 141 cm³/mol. The Balaban J connectivity index is 1.52. The van der Waals surface area contributed by atoms with E-state index in [1.54, 1.807) is 30.2 Å². The number of anilines is 1. The summed E-state index contributed by atoms with van der Waals surface area (Å²) in [5.41, 5.74) is 5.42. The molecule has 0 saturated carbocycles. The molecule has 0 fully saturated rings. The first-order valence-corrected chi connectivity index (χ1v) is 11.9. The number of nitrogens with one attached hydrogen (secondary N) is 2. The third kappa shape index (κ3) is 3.55. The number of aromatic nitrogens is 2. The molecule has 176 valence electrons. The third-order valence-corrected chi connectivity index (χ3v) is 6.79. The van der Waals surface area contributed by atoms with Gasteiger partial charge in [-0.2, -0.15) is 0 Å². The minimum atomic E-state index is -0.741. The largest absolute Gasteiger partial charge is 0.354 e. The summed E-state index contributed by atoms with van der Waals surface area (Å²) >= 11 is 0. The van der Waals surface area contributed by atoms with Crippen molar-refractivity contribution in [2.45, 2.75) is 19.0 Å². The summed E-state index contributed by atoms with van der Waals surface area (Å²) in [4.78, 5) is 36.7. The molecule has 0 saturated heterocycles. The van der Waals surface area contributed by atoms with Crippen molar-refractivity contribution in [3.63, 3.8) is 0 Å². The van der Waals surface area contributed by atoms with Gasteiger partial charge < -0.3 is 15.2 Å². The van der Waals surface area contributed by atoms with E-state index in [9.17, 15) is 9.59 Å². The number of pyridine rings is 1. The number of hydrogen-bond donors (Lipinski definition) is 2. The van der Waals surface area contributed by atoms with Crippen LogP contribution in [0.5, 0.6) is 0 Å². The molecule has 6 heteroatoms. The van der Waals surface area contributed by atoms with Gasteiger partial charge in [0.25, 0.3) is 5.91 Å². The molecule has 1 aliphatic heterocycles. The fourth-order valence-corrected chi connectivity index (χ4v) is 5.10. The van der Waals surface area contributed by atoms with Crippen LogP contribution in [-0.2, 0) is 4.79 Å². The number of amides is 2. The van der Waals surface area contributed by atoms with E-state index in [0.29, 0.717) is 11.4 Å². The van der Waals surface area contributed by atoms with Gasteiger partial charge in [0.1, 0.15) is 11.9 Å². The molecule has 2 aromatic heterocycles. The van der Waals surface area contributed by atoms with E-state index in [-0.39, 0.29) is 11.8 Å². The van der Waals surface area contributed by atoms with Crippen molar-refractivity contribution in [3.05, 3.63) is 120 Å². The molecule has 1 aliphatic rings. The molecule has 0 spiro atoms. The molecule has 3 aromatic carbocycles. The summed E-state index contributed by atoms with van der Waals surface area (Å²) in [6.45, 7) is 1.77. The Labute approximate surface area is 208 Å². The first-order valence-electron chi connectivity index (χ1n) is 11.9. The second-order valence-corrected chi connectivity index (χ2v) is 8.91. The summed E-state index contributed by atoms with van der Waals surface area (Å²) in [6.07, 6.45) is 1.62. The van der Waals surface area contributed by atoms with Crippen LogP contribution >= 0.6 is 0 Å². The van der Waals surface area contributed by atoms with E-state index in [0.717, 1.165) is 33.3 Å². The molecule has 0 radical (unpaired) electrons. The van der Waals surface area contributed by atoms with Crippen molar-refractivity contribution in [2.75, 3.05) is 5.32 Å². The van der Waals surface area contributed by atoms with Gasteiger partial charge in [0.05, 0.1) is 11.7 Å². The topological polar surface area (TPSA) is 78.1 Å². The molecule has 2 amide bonds. The Morgan fingerprint density at radius 3 is 2.44 bits per heavy atom. The number of rotatable bonds is 5. The Morgan fingerprint density at radius 1 is 0.917 bits per heavy atom. The fourth-order valence-electron chi connectivity index (χ4n) is 5.10. The average Bonchev–Trinajstić information content (AvgIpc) is 3.44. The molecule has 0 bridgehead atoms. The summed E-state index contributed by atoms with van der Waals surface area (Å²) in [7, 11) is 0. The predicted octanol–water partition coefficient (Wildman–Crippen LogP) is 5.80. The lowest BCUT2D eigenvalue weighted by molar-refractivity contribution is -0.120. The van der Waals surface area contributed by atoms with Gasteiger partial charge in [-0.3, -0.25) is 9.59 Å². The second-order valence-electron chi connectivity index (χ2n) is 8.91. The smallest absolute Gasteiger partial charge is 0.255 e. The van der Waals surface area contributed by atoms with Crippen molar-refractivity contribution >= 4 is 28.5 Å². The number of aromatic amines is 1. The zero-order chi connectivity index (χ0) is 24.6. The number of H-pyrrole nitrogens is 1. The van der Waals surface area contributed by atoms with Crippen molar-refractivity contribution in [1.29, 1.82) is 0 Å². The molecule has 2 atom stereocenters. The SMILES string of the molecule is CC(C(=O)Nc1ccccn1)N1C(=O)c2ccccc2C1c1c(-c2ccccc2)[nH]c2ccccc12. The van der Waals surface area contributed by atoms with Crippen molar-refractivity contribution < 1.29 is 9.59 Å². The van der Waals surface area contributed by atoms with Gasteiger partial charge in [-0.05, 0) is 42.3 Å². The van der Waals surface area contributed by atoms with Crippen molar-refractivity contribution in [1.82, 2.24) is 14.9 Å². The lowest BCUT2D eigenvalue weighted by Crippen LogP contribution is -2.44. The van der Waals surface area contributed by atoms with E-state index < -0.39 is 12.1 Å². The van der Waals surface area contributed by atoms with E-state index in [4.69, 9.17) is 0 Å². The monoisotopic (exact) mass is 472 g/mol. The van der Waals surface area contributed by atoms with Crippen molar-refractivity contribution in [3.8, 4) is 11.3 Å². The van der Waals surface area contributed by atoms with Crippen LogP contribution < -0.4 is 5.32 Å². The van der Waals surface area contributed by atoms with Crippen LogP contribution in [0.15, 0.2) is 103 Å². The van der Waals surface area contributed by atoms with Crippen LogP contribution in [0.2, 0.25) is 0 Å². The van der Waals surface area contributed by atoms with Gasteiger partial charge in [-0.15, -0.1) is 0 Å². The highest BCUT2D eigenvalue weighted by molar-refractivity contribution is 6.05. The minimum absolute atomic E-state index is 0.163. The number of benzene rings is 3. The van der Waals surface area contributed by atoms with E-state index in [1.807, 2.05) is 66.7 Å². The number of nitrogens with zero attached hydrogens (tertiary/aromatic N) is 2. The van der Waals surface area contributed by atoms with E-state index in [1.165, 1.54) is 0 Å². The van der Waals surface area contributed by atoms with Crippen LogP contribution in [0.25, 0.3) is 22.2 Å². The number of fused-ring (bicyclic) bond motifs is 2. The second kappa shape index (κ2) is 8.82. The molecule has 2 unspecified atom stereocenters.